The summed E-state index contributed by atoms with van der Waals surface area (Å²) >= 11 is 0. The number of hydrogen-bond acceptors (Lipinski definition) is 3. The topological polar surface area (TPSA) is 54.5 Å². The maximum Gasteiger partial charge on any atom is 0.116 e. The lowest BCUT2D eigenvalue weighted by atomic mass is 9.94. The van der Waals surface area contributed by atoms with E-state index in [2.05, 4.69) is 20.2 Å². The molecule has 2 heterocycles. The number of rotatable bonds is 0. The Morgan fingerprint density at radius 3 is 3.18 bits per heavy atom. The van der Waals surface area contributed by atoms with Crippen molar-refractivity contribution in [2.24, 2.45) is 0 Å². The van der Waals surface area contributed by atoms with Crippen LogP contribution in [0.3, 0.4) is 0 Å². The number of hydrogen-bond donors (Lipinski definition) is 1. The minimum Gasteiger partial charge on any atom is -0.277 e. The van der Waals surface area contributed by atoms with E-state index in [4.69, 9.17) is 0 Å². The highest BCUT2D eigenvalue weighted by atomic mass is 15.1. The third-order valence-corrected chi connectivity index (χ3v) is 1.88. The van der Waals surface area contributed by atoms with Crippen LogP contribution in [0.15, 0.2) is 18.7 Å². The lowest BCUT2D eigenvalue weighted by Gasteiger charge is -2.14. The molecule has 4 nitrogen and oxygen atoms in total. The SMILES string of the molecule is c1ncc2c(n1)-c1cn[nH]c1-2. The Morgan fingerprint density at radius 2 is 2.18 bits per heavy atom. The fraction of sp³-hybridized carbons (Fsp3) is 0. The molecule has 11 heavy (non-hydrogen) atoms. The van der Waals surface area contributed by atoms with Gasteiger partial charge in [-0.2, -0.15) is 5.10 Å². The average molecular weight is 144 g/mol. The molecule has 0 saturated carbocycles. The molecule has 4 heteroatoms. The van der Waals surface area contributed by atoms with E-state index in [1.807, 2.05) is 0 Å². The Labute approximate surface area is 62.3 Å². The summed E-state index contributed by atoms with van der Waals surface area (Å²) in [6.07, 6.45) is 5.13. The van der Waals surface area contributed by atoms with Crippen molar-refractivity contribution in [2.75, 3.05) is 0 Å². The third kappa shape index (κ3) is 0.440. The number of aromatic nitrogens is 4. The van der Waals surface area contributed by atoms with Crippen LogP contribution in [0, 0.1) is 0 Å². The van der Waals surface area contributed by atoms with Gasteiger partial charge in [-0.15, -0.1) is 0 Å². The average Bonchev–Trinajstić information content (AvgIpc) is 2.44. The molecule has 2 aromatic rings. The standard InChI is InChI=1S/C7H4N4/c1-4-6(9-3-8-1)5-2-10-11-7(4)5/h1-3H,(H,10,11). The van der Waals surface area contributed by atoms with Gasteiger partial charge in [0.05, 0.1) is 17.6 Å². The predicted molar refractivity (Wildman–Crippen MR) is 38.6 cm³/mol. The molecule has 2 aromatic heterocycles. The minimum atomic E-state index is 1.00. The van der Waals surface area contributed by atoms with Gasteiger partial charge in [0, 0.05) is 17.3 Å². The van der Waals surface area contributed by atoms with Gasteiger partial charge in [0.25, 0.3) is 0 Å². The molecule has 0 radical (unpaired) electrons. The highest BCUT2D eigenvalue weighted by Crippen LogP contribution is 2.42. The molecule has 0 amide bonds. The molecule has 0 fully saturated rings. The van der Waals surface area contributed by atoms with E-state index in [9.17, 15) is 0 Å². The quantitative estimate of drug-likeness (QED) is 0.508. The molecule has 0 aromatic carbocycles. The van der Waals surface area contributed by atoms with Crippen molar-refractivity contribution >= 4 is 0 Å². The maximum atomic E-state index is 4.11. The highest BCUT2D eigenvalue weighted by Gasteiger charge is 2.25. The summed E-state index contributed by atoms with van der Waals surface area (Å²) < 4.78 is 0. The summed E-state index contributed by atoms with van der Waals surface area (Å²) in [6.45, 7) is 0. The maximum absolute atomic E-state index is 4.11. The zero-order valence-corrected chi connectivity index (χ0v) is 5.57. The van der Waals surface area contributed by atoms with Crippen molar-refractivity contribution in [3.63, 3.8) is 0 Å². The van der Waals surface area contributed by atoms with Crippen LogP contribution in [0.1, 0.15) is 0 Å². The van der Waals surface area contributed by atoms with Crippen LogP contribution in [0.2, 0.25) is 0 Å². The number of nitrogens with zero attached hydrogens (tertiary/aromatic N) is 3. The summed E-state index contributed by atoms with van der Waals surface area (Å²) in [6, 6.07) is 0. The number of H-pyrrole nitrogens is 1. The van der Waals surface area contributed by atoms with E-state index in [1.165, 1.54) is 0 Å². The highest BCUT2D eigenvalue weighted by molar-refractivity contribution is 5.97. The lowest BCUT2D eigenvalue weighted by Crippen LogP contribution is -1.99. The van der Waals surface area contributed by atoms with Crippen molar-refractivity contribution in [2.45, 2.75) is 0 Å². The van der Waals surface area contributed by atoms with Crippen LogP contribution in [-0.4, -0.2) is 20.2 Å². The van der Waals surface area contributed by atoms with Gasteiger partial charge in [0.15, 0.2) is 0 Å². The van der Waals surface area contributed by atoms with Gasteiger partial charge in [-0.1, -0.05) is 0 Å². The second-order valence-corrected chi connectivity index (χ2v) is 2.44. The first-order valence-electron chi connectivity index (χ1n) is 3.31. The van der Waals surface area contributed by atoms with E-state index >= 15 is 0 Å². The molecule has 0 aliphatic heterocycles. The predicted octanol–water partition coefficient (Wildman–Crippen LogP) is 0.847. The van der Waals surface area contributed by atoms with Crippen molar-refractivity contribution < 1.29 is 0 Å². The Hall–Kier alpha value is -1.71. The second kappa shape index (κ2) is 1.47. The molecular weight excluding hydrogens is 140 g/mol. The molecule has 0 saturated heterocycles. The van der Waals surface area contributed by atoms with E-state index in [-0.39, 0.29) is 0 Å². The minimum absolute atomic E-state index is 1.00. The smallest absolute Gasteiger partial charge is 0.116 e. The summed E-state index contributed by atoms with van der Waals surface area (Å²) in [5.41, 5.74) is 4.23. The van der Waals surface area contributed by atoms with E-state index in [0.29, 0.717) is 0 Å². The molecular formula is C7H4N4. The van der Waals surface area contributed by atoms with Gasteiger partial charge in [-0.3, -0.25) is 5.10 Å². The van der Waals surface area contributed by atoms with Gasteiger partial charge in [0.1, 0.15) is 6.33 Å². The fourth-order valence-electron chi connectivity index (χ4n) is 1.34. The molecule has 1 aliphatic rings. The molecule has 0 atom stereocenters. The fourth-order valence-corrected chi connectivity index (χ4v) is 1.34. The van der Waals surface area contributed by atoms with Gasteiger partial charge >= 0.3 is 0 Å². The Kier molecular flexibility index (Phi) is 0.671. The van der Waals surface area contributed by atoms with Crippen molar-refractivity contribution in [1.82, 2.24) is 20.2 Å². The van der Waals surface area contributed by atoms with E-state index < -0.39 is 0 Å². The van der Waals surface area contributed by atoms with Crippen molar-refractivity contribution in [3.8, 4) is 22.5 Å². The van der Waals surface area contributed by atoms with E-state index in [0.717, 1.165) is 22.5 Å². The van der Waals surface area contributed by atoms with Gasteiger partial charge in [0.2, 0.25) is 0 Å². The van der Waals surface area contributed by atoms with Gasteiger partial charge in [-0.05, 0) is 0 Å². The molecule has 52 valence electrons. The van der Waals surface area contributed by atoms with E-state index in [1.54, 1.807) is 18.7 Å². The number of aromatic amines is 1. The number of nitrogens with one attached hydrogen (secondary N) is 1. The normalized spacial score (nSPS) is 11.6. The van der Waals surface area contributed by atoms with Gasteiger partial charge in [-0.25, -0.2) is 9.97 Å². The molecule has 0 unspecified atom stereocenters. The first kappa shape index (κ1) is 5.01. The zero-order valence-electron chi connectivity index (χ0n) is 5.57. The first-order valence-corrected chi connectivity index (χ1v) is 3.31. The molecule has 1 N–H and O–H groups in total. The summed E-state index contributed by atoms with van der Waals surface area (Å²) in [4.78, 5) is 8.02. The Bertz CT molecular complexity index is 380. The number of fused-ring (bicyclic) bond motifs is 4. The zero-order chi connectivity index (χ0) is 7.26. The van der Waals surface area contributed by atoms with Gasteiger partial charge < -0.3 is 0 Å². The van der Waals surface area contributed by atoms with Crippen LogP contribution in [-0.2, 0) is 0 Å². The van der Waals surface area contributed by atoms with Crippen LogP contribution in [0.25, 0.3) is 22.5 Å². The van der Waals surface area contributed by atoms with Crippen LogP contribution < -0.4 is 0 Å². The Balaban J connectivity index is 2.38. The molecule has 3 rings (SSSR count). The lowest BCUT2D eigenvalue weighted by molar-refractivity contribution is 1.08. The monoisotopic (exact) mass is 144 g/mol. The largest absolute Gasteiger partial charge is 0.277 e. The summed E-state index contributed by atoms with van der Waals surface area (Å²) in [5, 5.41) is 6.79. The molecule has 0 spiro atoms. The summed E-state index contributed by atoms with van der Waals surface area (Å²) in [5.74, 6) is 0. The first-order chi connectivity index (χ1) is 5.47. The second-order valence-electron chi connectivity index (χ2n) is 2.44. The summed E-state index contributed by atoms with van der Waals surface area (Å²) in [7, 11) is 0. The van der Waals surface area contributed by atoms with Crippen LogP contribution in [0.5, 0.6) is 0 Å². The van der Waals surface area contributed by atoms with Crippen LogP contribution in [0.4, 0.5) is 0 Å². The van der Waals surface area contributed by atoms with Crippen LogP contribution >= 0.6 is 0 Å². The van der Waals surface area contributed by atoms with Crippen molar-refractivity contribution in [3.05, 3.63) is 18.7 Å². The Morgan fingerprint density at radius 1 is 1.18 bits per heavy atom. The molecule has 1 aliphatic carbocycles. The molecule has 0 bridgehead atoms. The third-order valence-electron chi connectivity index (χ3n) is 1.88. The van der Waals surface area contributed by atoms with Crippen molar-refractivity contribution in [1.29, 1.82) is 0 Å².